The van der Waals surface area contributed by atoms with Crippen LogP contribution in [-0.4, -0.2) is 29.7 Å². The maximum Gasteiger partial charge on any atom is 0.247 e. The summed E-state index contributed by atoms with van der Waals surface area (Å²) in [6.07, 6.45) is 0. The Morgan fingerprint density at radius 3 is 2.38 bits per heavy atom. The number of hydrogen-bond acceptors (Lipinski definition) is 6. The van der Waals surface area contributed by atoms with E-state index in [1.165, 1.54) is 5.56 Å². The summed E-state index contributed by atoms with van der Waals surface area (Å²) in [5, 5.41) is 8.45. The van der Waals surface area contributed by atoms with E-state index in [2.05, 4.69) is 24.0 Å². The zero-order valence-corrected chi connectivity index (χ0v) is 16.0. The van der Waals surface area contributed by atoms with Gasteiger partial charge in [-0.1, -0.05) is 17.7 Å². The second-order valence-electron chi connectivity index (χ2n) is 5.85. The van der Waals surface area contributed by atoms with Crippen LogP contribution < -0.4 is 9.47 Å². The van der Waals surface area contributed by atoms with Crippen LogP contribution in [0.5, 0.6) is 11.5 Å². The topological polar surface area (TPSA) is 57.4 Å². The molecule has 1 heterocycles. The van der Waals surface area contributed by atoms with E-state index in [1.54, 1.807) is 18.9 Å². The highest BCUT2D eigenvalue weighted by molar-refractivity contribution is 7.99. The molecule has 0 aliphatic heterocycles. The molecule has 0 bridgehead atoms. The van der Waals surface area contributed by atoms with Crippen molar-refractivity contribution in [2.24, 2.45) is 0 Å². The van der Waals surface area contributed by atoms with Gasteiger partial charge in [0.1, 0.15) is 11.5 Å². The number of aromatic nitrogens is 2. The van der Waals surface area contributed by atoms with Crippen molar-refractivity contribution >= 4 is 11.8 Å². The average molecular weight is 370 g/mol. The van der Waals surface area contributed by atoms with Crippen molar-refractivity contribution < 1.29 is 13.9 Å². The van der Waals surface area contributed by atoms with Gasteiger partial charge in [0.2, 0.25) is 11.8 Å². The molecule has 2 aromatic carbocycles. The first-order chi connectivity index (χ1) is 12.7. The molecule has 3 aromatic rings. The molecule has 0 saturated heterocycles. The van der Waals surface area contributed by atoms with Crippen LogP contribution in [0.15, 0.2) is 52.9 Å². The lowest BCUT2D eigenvalue weighted by molar-refractivity contribution is 0.342. The first-order valence-electron chi connectivity index (χ1n) is 8.44. The number of methoxy groups -OCH3 is 1. The summed E-state index contributed by atoms with van der Waals surface area (Å²) in [4.78, 5) is 0. The van der Waals surface area contributed by atoms with E-state index in [0.717, 1.165) is 22.8 Å². The van der Waals surface area contributed by atoms with Crippen LogP contribution in [0.3, 0.4) is 0 Å². The molecule has 0 fully saturated rings. The molecule has 1 aromatic heterocycles. The second-order valence-corrected chi connectivity index (χ2v) is 7.30. The van der Waals surface area contributed by atoms with Crippen LogP contribution in [0.4, 0.5) is 0 Å². The molecular formula is C20H22N2O3S. The third-order valence-corrected chi connectivity index (χ3v) is 4.97. The van der Waals surface area contributed by atoms with Gasteiger partial charge in [0.05, 0.1) is 19.0 Å². The maximum absolute atomic E-state index is 5.81. The minimum absolute atomic E-state index is 0.112. The summed E-state index contributed by atoms with van der Waals surface area (Å²) in [7, 11) is 1.65. The molecule has 0 saturated carbocycles. The fraction of sp³-hybridized carbons (Fsp3) is 0.300. The molecule has 0 aliphatic rings. The number of ether oxygens (including phenoxy) is 2. The quantitative estimate of drug-likeness (QED) is 0.524. The standard InChI is InChI=1S/C20H22N2O3S/c1-14-4-6-16(7-5-14)20-22-21-19(25-20)15(2)26-13-12-24-18-10-8-17(23-3)9-11-18/h4-11,15H,12-13H2,1-3H3. The average Bonchev–Trinajstić information content (AvgIpc) is 3.16. The van der Waals surface area contributed by atoms with Gasteiger partial charge in [-0.2, -0.15) is 0 Å². The molecule has 0 aliphatic carbocycles. The number of hydrogen-bond donors (Lipinski definition) is 0. The lowest BCUT2D eigenvalue weighted by Crippen LogP contribution is -2.02. The predicted molar refractivity (Wildman–Crippen MR) is 104 cm³/mol. The van der Waals surface area contributed by atoms with Gasteiger partial charge in [-0.3, -0.25) is 0 Å². The molecule has 1 atom stereocenters. The molecule has 136 valence electrons. The van der Waals surface area contributed by atoms with Gasteiger partial charge in [-0.25, -0.2) is 0 Å². The lowest BCUT2D eigenvalue weighted by atomic mass is 10.1. The Hall–Kier alpha value is -2.47. The van der Waals surface area contributed by atoms with Crippen LogP contribution in [0.2, 0.25) is 0 Å². The maximum atomic E-state index is 5.81. The molecular weight excluding hydrogens is 348 g/mol. The highest BCUT2D eigenvalue weighted by atomic mass is 32.2. The Balaban J connectivity index is 1.47. The van der Waals surface area contributed by atoms with E-state index < -0.39 is 0 Å². The molecule has 3 rings (SSSR count). The van der Waals surface area contributed by atoms with Gasteiger partial charge < -0.3 is 13.9 Å². The van der Waals surface area contributed by atoms with Gasteiger partial charge >= 0.3 is 0 Å². The van der Waals surface area contributed by atoms with Crippen molar-refractivity contribution in [1.82, 2.24) is 10.2 Å². The van der Waals surface area contributed by atoms with Crippen LogP contribution in [0.1, 0.15) is 23.6 Å². The fourth-order valence-electron chi connectivity index (χ4n) is 2.34. The Labute approximate surface area is 157 Å². The van der Waals surface area contributed by atoms with Crippen molar-refractivity contribution in [1.29, 1.82) is 0 Å². The smallest absolute Gasteiger partial charge is 0.247 e. The lowest BCUT2D eigenvalue weighted by Gasteiger charge is -2.09. The normalized spacial score (nSPS) is 12.0. The molecule has 0 amide bonds. The monoisotopic (exact) mass is 370 g/mol. The summed E-state index contributed by atoms with van der Waals surface area (Å²) in [6, 6.07) is 15.6. The molecule has 5 nitrogen and oxygen atoms in total. The van der Waals surface area contributed by atoms with E-state index in [0.29, 0.717) is 18.4 Å². The minimum atomic E-state index is 0.112. The SMILES string of the molecule is COc1ccc(OCCSC(C)c2nnc(-c3ccc(C)cc3)o2)cc1. The van der Waals surface area contributed by atoms with Crippen molar-refractivity contribution in [2.75, 3.05) is 19.5 Å². The van der Waals surface area contributed by atoms with Crippen LogP contribution in [-0.2, 0) is 0 Å². The van der Waals surface area contributed by atoms with E-state index in [-0.39, 0.29) is 5.25 Å². The van der Waals surface area contributed by atoms with E-state index >= 15 is 0 Å². The van der Waals surface area contributed by atoms with Gasteiger partial charge in [0.25, 0.3) is 0 Å². The van der Waals surface area contributed by atoms with E-state index in [1.807, 2.05) is 48.5 Å². The van der Waals surface area contributed by atoms with Crippen LogP contribution >= 0.6 is 11.8 Å². The van der Waals surface area contributed by atoms with Crippen LogP contribution in [0, 0.1) is 6.92 Å². The summed E-state index contributed by atoms with van der Waals surface area (Å²) in [5.74, 6) is 3.67. The van der Waals surface area contributed by atoms with Gasteiger partial charge in [0, 0.05) is 11.3 Å². The molecule has 0 radical (unpaired) electrons. The Morgan fingerprint density at radius 2 is 1.69 bits per heavy atom. The van der Waals surface area contributed by atoms with Crippen molar-refractivity contribution in [3.05, 3.63) is 60.0 Å². The highest BCUT2D eigenvalue weighted by Crippen LogP contribution is 2.29. The summed E-state index contributed by atoms with van der Waals surface area (Å²) in [6.45, 7) is 4.72. The molecule has 26 heavy (non-hydrogen) atoms. The van der Waals surface area contributed by atoms with E-state index in [4.69, 9.17) is 13.9 Å². The van der Waals surface area contributed by atoms with Gasteiger partial charge in [-0.15, -0.1) is 22.0 Å². The molecule has 6 heteroatoms. The van der Waals surface area contributed by atoms with E-state index in [9.17, 15) is 0 Å². The number of benzene rings is 2. The Morgan fingerprint density at radius 1 is 1.00 bits per heavy atom. The number of nitrogens with zero attached hydrogens (tertiary/aromatic N) is 2. The number of rotatable bonds is 8. The minimum Gasteiger partial charge on any atom is -0.497 e. The number of thioether (sulfide) groups is 1. The van der Waals surface area contributed by atoms with Crippen LogP contribution in [0.25, 0.3) is 11.5 Å². The fourth-order valence-corrected chi connectivity index (χ4v) is 3.11. The third kappa shape index (κ3) is 4.79. The molecule has 0 spiro atoms. The Bertz CT molecular complexity index is 816. The van der Waals surface area contributed by atoms with Gasteiger partial charge in [0.15, 0.2) is 0 Å². The van der Waals surface area contributed by atoms with Crippen molar-refractivity contribution in [3.63, 3.8) is 0 Å². The zero-order chi connectivity index (χ0) is 18.4. The summed E-state index contributed by atoms with van der Waals surface area (Å²) < 4.78 is 16.7. The predicted octanol–water partition coefficient (Wildman–Crippen LogP) is 4.93. The summed E-state index contributed by atoms with van der Waals surface area (Å²) >= 11 is 1.72. The highest BCUT2D eigenvalue weighted by Gasteiger charge is 2.15. The largest absolute Gasteiger partial charge is 0.497 e. The summed E-state index contributed by atoms with van der Waals surface area (Å²) in [5.41, 5.74) is 2.14. The first kappa shape index (κ1) is 18.3. The third-order valence-electron chi connectivity index (χ3n) is 3.87. The van der Waals surface area contributed by atoms with Crippen molar-refractivity contribution in [2.45, 2.75) is 19.1 Å². The van der Waals surface area contributed by atoms with Crippen molar-refractivity contribution in [3.8, 4) is 23.0 Å². The number of aryl methyl sites for hydroxylation is 1. The second kappa shape index (κ2) is 8.76. The molecule has 1 unspecified atom stereocenters. The first-order valence-corrected chi connectivity index (χ1v) is 9.49. The Kier molecular flexibility index (Phi) is 6.17. The zero-order valence-electron chi connectivity index (χ0n) is 15.1. The molecule has 0 N–H and O–H groups in total. The van der Waals surface area contributed by atoms with Gasteiger partial charge in [-0.05, 0) is 50.2 Å².